The minimum atomic E-state index is -5.08. The SMILES string of the molecule is CCCO[C@@H]1C=C(C(=O)O)C[C@H](N=C(N)N)[C@H]1NC(C)=O.O=C(O)C(F)(F)F. The van der Waals surface area contributed by atoms with Gasteiger partial charge in [-0.05, 0) is 12.5 Å². The number of amides is 1. The number of guanidine groups is 1. The first kappa shape index (κ1) is 25.2. The number of nitrogens with zero attached hydrogens (tertiary/aromatic N) is 1. The third-order valence-corrected chi connectivity index (χ3v) is 3.28. The Morgan fingerprint density at radius 2 is 1.86 bits per heavy atom. The van der Waals surface area contributed by atoms with Gasteiger partial charge in [-0.15, -0.1) is 0 Å². The van der Waals surface area contributed by atoms with Crippen molar-refractivity contribution in [1.29, 1.82) is 0 Å². The summed E-state index contributed by atoms with van der Waals surface area (Å²) in [4.78, 5) is 35.5. The predicted molar refractivity (Wildman–Crippen MR) is 91.3 cm³/mol. The standard InChI is InChI=1S/C13H22N4O4.C2HF3O2/c1-3-4-21-10-6-8(12(19)20)5-9(17-13(14)15)11(10)16-7(2)18;3-2(4,5)1(6)7/h6,9-11H,3-5H2,1-2H3,(H,16,18)(H,19,20)(H4,14,15,17);(H,6,7)/t9-,10+,11+;/m0./s1. The molecule has 28 heavy (non-hydrogen) atoms. The quantitative estimate of drug-likeness (QED) is 0.298. The number of hydrogen-bond acceptors (Lipinski definition) is 5. The van der Waals surface area contributed by atoms with E-state index in [0.717, 1.165) is 6.42 Å². The van der Waals surface area contributed by atoms with Crippen molar-refractivity contribution < 1.29 is 42.5 Å². The minimum absolute atomic E-state index is 0.129. The summed E-state index contributed by atoms with van der Waals surface area (Å²) in [7, 11) is 0. The van der Waals surface area contributed by atoms with Crippen LogP contribution in [0.15, 0.2) is 16.6 Å². The number of halogens is 3. The van der Waals surface area contributed by atoms with Gasteiger partial charge >= 0.3 is 18.1 Å². The molecular weight excluding hydrogens is 389 g/mol. The maximum absolute atomic E-state index is 11.4. The Hall–Kier alpha value is -2.83. The summed E-state index contributed by atoms with van der Waals surface area (Å²) in [5, 5.41) is 19.0. The van der Waals surface area contributed by atoms with E-state index in [4.69, 9.17) is 26.1 Å². The molecule has 0 bridgehead atoms. The van der Waals surface area contributed by atoms with Gasteiger partial charge in [-0.25, -0.2) is 14.6 Å². The van der Waals surface area contributed by atoms with Crippen molar-refractivity contribution in [3.05, 3.63) is 11.6 Å². The third-order valence-electron chi connectivity index (χ3n) is 3.28. The number of ether oxygens (including phenoxy) is 1. The molecule has 0 saturated carbocycles. The first-order valence-electron chi connectivity index (χ1n) is 8.01. The molecular formula is C15H23F3N4O6. The Bertz CT molecular complexity index is 632. The average molecular weight is 412 g/mol. The number of nitrogens with one attached hydrogen (secondary N) is 1. The predicted octanol–water partition coefficient (Wildman–Crippen LogP) is -0.0237. The van der Waals surface area contributed by atoms with Crippen LogP contribution in [0.5, 0.6) is 0 Å². The van der Waals surface area contributed by atoms with Crippen molar-refractivity contribution >= 4 is 23.8 Å². The Kier molecular flexibility index (Phi) is 9.99. The average Bonchev–Trinajstić information content (AvgIpc) is 2.53. The first-order valence-corrected chi connectivity index (χ1v) is 8.01. The molecule has 0 aromatic heterocycles. The van der Waals surface area contributed by atoms with Crippen LogP contribution in [0.25, 0.3) is 0 Å². The van der Waals surface area contributed by atoms with Gasteiger partial charge in [0.25, 0.3) is 0 Å². The normalized spacial score (nSPS) is 21.5. The number of aliphatic imine (C=N–C) groups is 1. The van der Waals surface area contributed by atoms with Gasteiger partial charge in [-0.3, -0.25) is 4.79 Å². The zero-order valence-corrected chi connectivity index (χ0v) is 15.2. The van der Waals surface area contributed by atoms with Crippen LogP contribution in [0, 0.1) is 0 Å². The molecule has 7 N–H and O–H groups in total. The lowest BCUT2D eigenvalue weighted by molar-refractivity contribution is -0.192. The summed E-state index contributed by atoms with van der Waals surface area (Å²) >= 11 is 0. The van der Waals surface area contributed by atoms with Crippen LogP contribution in [-0.2, 0) is 19.1 Å². The Balaban J connectivity index is 0.000000887. The summed E-state index contributed by atoms with van der Waals surface area (Å²) in [6, 6.07) is -1.07. The summed E-state index contributed by atoms with van der Waals surface area (Å²) in [6.45, 7) is 3.75. The summed E-state index contributed by atoms with van der Waals surface area (Å²) in [5.74, 6) is -4.21. The molecule has 0 aromatic carbocycles. The number of aliphatic carboxylic acids is 2. The largest absolute Gasteiger partial charge is 0.490 e. The fraction of sp³-hybridized carbons (Fsp3) is 0.600. The van der Waals surface area contributed by atoms with Crippen LogP contribution in [0.2, 0.25) is 0 Å². The van der Waals surface area contributed by atoms with E-state index >= 15 is 0 Å². The lowest BCUT2D eigenvalue weighted by Crippen LogP contribution is -2.53. The van der Waals surface area contributed by atoms with Crippen LogP contribution in [0.1, 0.15) is 26.7 Å². The maximum Gasteiger partial charge on any atom is 0.490 e. The number of carbonyl (C=O) groups is 3. The van der Waals surface area contributed by atoms with Gasteiger partial charge in [0, 0.05) is 25.5 Å². The van der Waals surface area contributed by atoms with Crippen LogP contribution in [-0.4, -0.2) is 65.0 Å². The molecule has 0 fully saturated rings. The Morgan fingerprint density at radius 3 is 2.21 bits per heavy atom. The molecule has 0 heterocycles. The van der Waals surface area contributed by atoms with Crippen molar-refractivity contribution in [2.75, 3.05) is 6.61 Å². The monoisotopic (exact) mass is 412 g/mol. The Morgan fingerprint density at radius 1 is 1.32 bits per heavy atom. The van der Waals surface area contributed by atoms with Gasteiger partial charge in [0.1, 0.15) is 0 Å². The van der Waals surface area contributed by atoms with Gasteiger partial charge in [-0.1, -0.05) is 6.92 Å². The molecule has 13 heteroatoms. The van der Waals surface area contributed by atoms with Gasteiger partial charge in [-0.2, -0.15) is 13.2 Å². The van der Waals surface area contributed by atoms with Crippen molar-refractivity contribution in [1.82, 2.24) is 5.32 Å². The molecule has 0 saturated heterocycles. The molecule has 1 rings (SSSR count). The highest BCUT2D eigenvalue weighted by Crippen LogP contribution is 2.24. The first-order chi connectivity index (χ1) is 12.8. The van der Waals surface area contributed by atoms with E-state index in [2.05, 4.69) is 10.3 Å². The fourth-order valence-corrected chi connectivity index (χ4v) is 2.24. The number of carbonyl (C=O) groups excluding carboxylic acids is 1. The van der Waals surface area contributed by atoms with E-state index in [1.807, 2.05) is 6.92 Å². The number of alkyl halides is 3. The molecule has 0 spiro atoms. The van der Waals surface area contributed by atoms with E-state index in [1.54, 1.807) is 0 Å². The highest BCUT2D eigenvalue weighted by molar-refractivity contribution is 5.87. The lowest BCUT2D eigenvalue weighted by atomic mass is 9.88. The molecule has 1 amide bonds. The number of nitrogens with two attached hydrogens (primary N) is 2. The van der Waals surface area contributed by atoms with E-state index < -0.39 is 36.3 Å². The highest BCUT2D eigenvalue weighted by Gasteiger charge is 2.38. The van der Waals surface area contributed by atoms with E-state index in [1.165, 1.54) is 13.0 Å². The van der Waals surface area contributed by atoms with Crippen LogP contribution in [0.4, 0.5) is 13.2 Å². The summed E-state index contributed by atoms with van der Waals surface area (Å²) in [5.41, 5.74) is 11.0. The van der Waals surface area contributed by atoms with E-state index in [9.17, 15) is 27.9 Å². The van der Waals surface area contributed by atoms with Gasteiger partial charge < -0.3 is 31.7 Å². The second-order valence-electron chi connectivity index (χ2n) is 5.69. The maximum atomic E-state index is 11.4. The van der Waals surface area contributed by atoms with Gasteiger partial charge in [0.05, 0.1) is 18.2 Å². The molecule has 0 unspecified atom stereocenters. The van der Waals surface area contributed by atoms with Crippen molar-refractivity contribution in [3.63, 3.8) is 0 Å². The van der Waals surface area contributed by atoms with Crippen LogP contribution >= 0.6 is 0 Å². The second-order valence-corrected chi connectivity index (χ2v) is 5.69. The van der Waals surface area contributed by atoms with E-state index in [0.29, 0.717) is 6.61 Å². The molecule has 0 aliphatic heterocycles. The van der Waals surface area contributed by atoms with E-state index in [-0.39, 0.29) is 23.9 Å². The Labute approximate surface area is 158 Å². The van der Waals surface area contributed by atoms with Crippen LogP contribution < -0.4 is 16.8 Å². The number of carboxylic acids is 2. The number of hydrogen-bond donors (Lipinski definition) is 5. The fourth-order valence-electron chi connectivity index (χ4n) is 2.24. The molecule has 3 atom stereocenters. The van der Waals surface area contributed by atoms with Gasteiger partial charge in [0.2, 0.25) is 5.91 Å². The van der Waals surface area contributed by atoms with Crippen LogP contribution in [0.3, 0.4) is 0 Å². The van der Waals surface area contributed by atoms with Crippen molar-refractivity contribution in [3.8, 4) is 0 Å². The molecule has 0 radical (unpaired) electrons. The topological polar surface area (TPSA) is 177 Å². The zero-order valence-electron chi connectivity index (χ0n) is 15.2. The number of rotatable bonds is 6. The third kappa shape index (κ3) is 9.21. The minimum Gasteiger partial charge on any atom is -0.478 e. The van der Waals surface area contributed by atoms with Gasteiger partial charge in [0.15, 0.2) is 5.96 Å². The zero-order chi connectivity index (χ0) is 22.1. The number of carboxylic acid groups (broad SMARTS) is 2. The highest BCUT2D eigenvalue weighted by atomic mass is 19.4. The molecule has 1 aliphatic carbocycles. The second kappa shape index (κ2) is 11.1. The molecule has 0 aromatic rings. The summed E-state index contributed by atoms with van der Waals surface area (Å²) < 4.78 is 37.4. The van der Waals surface area contributed by atoms with Crippen molar-refractivity contribution in [2.24, 2.45) is 16.5 Å². The smallest absolute Gasteiger partial charge is 0.478 e. The van der Waals surface area contributed by atoms with Crippen molar-refractivity contribution in [2.45, 2.75) is 51.1 Å². The summed E-state index contributed by atoms with van der Waals surface area (Å²) in [6.07, 6.45) is -3.25. The lowest BCUT2D eigenvalue weighted by Gasteiger charge is -2.34. The molecule has 1 aliphatic rings. The molecule has 10 nitrogen and oxygen atoms in total. The molecule has 160 valence electrons.